The molecule has 1 amide bonds. The molecule has 0 aliphatic heterocycles. The molecule has 1 heterocycles. The van der Waals surface area contributed by atoms with Gasteiger partial charge in [-0.1, -0.05) is 48.5 Å². The van der Waals surface area contributed by atoms with Gasteiger partial charge in [-0.25, -0.2) is 14.3 Å². The number of nitrogens with zero attached hydrogens (tertiary/aromatic N) is 2. The number of rotatable bonds is 5. The molecule has 4 rings (SSSR count). The molecule has 1 unspecified atom stereocenters. The third-order valence-corrected chi connectivity index (χ3v) is 4.62. The summed E-state index contributed by atoms with van der Waals surface area (Å²) in [7, 11) is 0. The number of benzene rings is 2. The van der Waals surface area contributed by atoms with E-state index in [0.29, 0.717) is 0 Å². The number of alkyl carbamates (subject to hydrolysis) is 1. The summed E-state index contributed by atoms with van der Waals surface area (Å²) < 4.78 is 6.51. The van der Waals surface area contributed by atoms with Crippen molar-refractivity contribution >= 4 is 12.1 Å². The van der Waals surface area contributed by atoms with Gasteiger partial charge < -0.3 is 9.84 Å². The molecule has 3 aromatic rings. The number of fused-ring (bicyclic) bond motifs is 3. The number of aromatic nitrogens is 2. The second-order valence-electron chi connectivity index (χ2n) is 6.20. The minimum Gasteiger partial charge on any atom is -0.478 e. The summed E-state index contributed by atoms with van der Waals surface area (Å²) in [5, 5.41) is 15.5. The Labute approximate surface area is 155 Å². The zero-order chi connectivity index (χ0) is 18.8. The van der Waals surface area contributed by atoms with E-state index in [1.54, 1.807) is 6.07 Å². The molecule has 0 bridgehead atoms. The van der Waals surface area contributed by atoms with E-state index in [0.717, 1.165) is 26.9 Å². The smallest absolute Gasteiger partial charge is 0.409 e. The van der Waals surface area contributed by atoms with Crippen molar-refractivity contribution < 1.29 is 19.4 Å². The quantitative estimate of drug-likeness (QED) is 0.727. The number of hydrogen-bond donors (Lipinski definition) is 2. The van der Waals surface area contributed by atoms with Crippen molar-refractivity contribution in [3.8, 4) is 11.1 Å². The maximum Gasteiger partial charge on any atom is 0.409 e. The van der Waals surface area contributed by atoms with Gasteiger partial charge in [-0.15, -0.1) is 0 Å². The Kier molecular flexibility index (Phi) is 4.33. The molecule has 1 atom stereocenters. The van der Waals surface area contributed by atoms with Crippen molar-refractivity contribution in [2.24, 2.45) is 0 Å². The number of hydrogen-bond acceptors (Lipinski definition) is 4. The lowest BCUT2D eigenvalue weighted by atomic mass is 9.98. The zero-order valence-electron chi connectivity index (χ0n) is 14.3. The normalized spacial score (nSPS) is 13.5. The standard InChI is InChI=1S/C20H17N3O4/c24-19(25)18(23-11-5-10-21-23)22-20(26)27-12-17-15-8-3-1-6-13(15)14-7-2-4-9-16(14)17/h1-11,17-18H,12H2,(H,22,26)(H,24,25). The number of carboxylic acids is 1. The fourth-order valence-electron chi connectivity index (χ4n) is 3.43. The maximum absolute atomic E-state index is 12.2. The summed E-state index contributed by atoms with van der Waals surface area (Å²) in [5.74, 6) is -1.32. The number of carbonyl (C=O) groups excluding carboxylic acids is 1. The topological polar surface area (TPSA) is 93.5 Å². The summed E-state index contributed by atoms with van der Waals surface area (Å²) >= 11 is 0. The largest absolute Gasteiger partial charge is 0.478 e. The zero-order valence-corrected chi connectivity index (χ0v) is 14.3. The van der Waals surface area contributed by atoms with Crippen LogP contribution in [0.3, 0.4) is 0 Å². The van der Waals surface area contributed by atoms with E-state index < -0.39 is 18.2 Å². The highest BCUT2D eigenvalue weighted by molar-refractivity contribution is 5.80. The van der Waals surface area contributed by atoms with Crippen LogP contribution < -0.4 is 5.32 Å². The predicted octanol–water partition coefficient (Wildman–Crippen LogP) is 3.01. The summed E-state index contributed by atoms with van der Waals surface area (Å²) in [5.41, 5.74) is 4.44. The summed E-state index contributed by atoms with van der Waals surface area (Å²) in [4.78, 5) is 23.6. The Morgan fingerprint density at radius 3 is 2.26 bits per heavy atom. The molecule has 27 heavy (non-hydrogen) atoms. The van der Waals surface area contributed by atoms with E-state index in [4.69, 9.17) is 4.74 Å². The van der Waals surface area contributed by atoms with Crippen LogP contribution in [0.1, 0.15) is 23.2 Å². The van der Waals surface area contributed by atoms with Gasteiger partial charge in [0.2, 0.25) is 6.17 Å². The second-order valence-corrected chi connectivity index (χ2v) is 6.20. The Morgan fingerprint density at radius 1 is 1.07 bits per heavy atom. The van der Waals surface area contributed by atoms with Gasteiger partial charge in [-0.3, -0.25) is 5.32 Å². The minimum atomic E-state index is -1.32. The van der Waals surface area contributed by atoms with Crippen LogP contribution in [0.15, 0.2) is 67.0 Å². The molecular formula is C20H17N3O4. The minimum absolute atomic E-state index is 0.0869. The van der Waals surface area contributed by atoms with Crippen LogP contribution in [0.4, 0.5) is 4.79 Å². The third kappa shape index (κ3) is 3.15. The Bertz CT molecular complexity index is 939. The van der Waals surface area contributed by atoms with E-state index in [1.165, 1.54) is 12.4 Å². The first-order chi connectivity index (χ1) is 13.1. The van der Waals surface area contributed by atoms with Crippen LogP contribution >= 0.6 is 0 Å². The molecule has 136 valence electrons. The molecule has 1 aromatic heterocycles. The molecule has 1 aliphatic carbocycles. The van der Waals surface area contributed by atoms with Crippen LogP contribution in [-0.2, 0) is 9.53 Å². The Hall–Kier alpha value is -3.61. The highest BCUT2D eigenvalue weighted by Gasteiger charge is 2.30. The lowest BCUT2D eigenvalue weighted by molar-refractivity contribution is -0.142. The van der Waals surface area contributed by atoms with Crippen molar-refractivity contribution in [1.29, 1.82) is 0 Å². The SMILES string of the molecule is O=C(NC(C(=O)O)n1cccn1)OCC1c2ccccc2-c2ccccc21. The Morgan fingerprint density at radius 2 is 1.70 bits per heavy atom. The number of carbonyl (C=O) groups is 2. The molecule has 0 radical (unpaired) electrons. The molecule has 0 saturated heterocycles. The summed E-state index contributed by atoms with van der Waals surface area (Å²) in [6.45, 7) is 0.116. The average Bonchev–Trinajstić information content (AvgIpc) is 3.31. The van der Waals surface area contributed by atoms with Crippen LogP contribution in [0.5, 0.6) is 0 Å². The number of ether oxygens (including phenoxy) is 1. The fraction of sp³-hybridized carbons (Fsp3) is 0.150. The van der Waals surface area contributed by atoms with Crippen molar-refractivity contribution in [1.82, 2.24) is 15.1 Å². The van der Waals surface area contributed by atoms with Gasteiger partial charge in [0, 0.05) is 18.3 Å². The second kappa shape index (κ2) is 6.95. The summed E-state index contributed by atoms with van der Waals surface area (Å²) in [6, 6.07) is 17.6. The van der Waals surface area contributed by atoms with Crippen molar-refractivity contribution in [2.75, 3.05) is 6.61 Å². The molecule has 1 aliphatic rings. The first-order valence-electron chi connectivity index (χ1n) is 8.48. The summed E-state index contributed by atoms with van der Waals surface area (Å²) in [6.07, 6.45) is 0.771. The van der Waals surface area contributed by atoms with Crippen LogP contribution in [0, 0.1) is 0 Å². The van der Waals surface area contributed by atoms with Gasteiger partial charge in [0.1, 0.15) is 6.61 Å². The molecule has 0 spiro atoms. The molecule has 2 aromatic carbocycles. The van der Waals surface area contributed by atoms with Crippen LogP contribution in [-0.4, -0.2) is 33.6 Å². The fourth-order valence-corrected chi connectivity index (χ4v) is 3.43. The van der Waals surface area contributed by atoms with Crippen LogP contribution in [0.25, 0.3) is 11.1 Å². The van der Waals surface area contributed by atoms with Gasteiger partial charge in [0.25, 0.3) is 0 Å². The molecule has 7 nitrogen and oxygen atoms in total. The highest BCUT2D eigenvalue weighted by atomic mass is 16.5. The van der Waals surface area contributed by atoms with Gasteiger partial charge in [-0.05, 0) is 28.3 Å². The Balaban J connectivity index is 1.49. The molecule has 0 fully saturated rings. The molecular weight excluding hydrogens is 346 g/mol. The lowest BCUT2D eigenvalue weighted by Crippen LogP contribution is -2.38. The monoisotopic (exact) mass is 363 g/mol. The van der Waals surface area contributed by atoms with E-state index >= 15 is 0 Å². The number of nitrogens with one attached hydrogen (secondary N) is 1. The van der Waals surface area contributed by atoms with Gasteiger partial charge in [0.15, 0.2) is 0 Å². The number of amides is 1. The highest BCUT2D eigenvalue weighted by Crippen LogP contribution is 2.44. The third-order valence-electron chi connectivity index (χ3n) is 4.62. The molecule has 7 heteroatoms. The van der Waals surface area contributed by atoms with E-state index in [9.17, 15) is 14.7 Å². The predicted molar refractivity (Wildman–Crippen MR) is 97.1 cm³/mol. The van der Waals surface area contributed by atoms with Crippen molar-refractivity contribution in [2.45, 2.75) is 12.1 Å². The van der Waals surface area contributed by atoms with Crippen molar-refractivity contribution in [3.63, 3.8) is 0 Å². The first-order valence-corrected chi connectivity index (χ1v) is 8.48. The first kappa shape index (κ1) is 16.8. The number of carboxylic acid groups (broad SMARTS) is 1. The molecule has 2 N–H and O–H groups in total. The molecule has 0 saturated carbocycles. The van der Waals surface area contributed by atoms with Gasteiger partial charge in [-0.2, -0.15) is 5.10 Å². The van der Waals surface area contributed by atoms with Crippen LogP contribution in [0.2, 0.25) is 0 Å². The lowest BCUT2D eigenvalue weighted by Gasteiger charge is -2.17. The van der Waals surface area contributed by atoms with E-state index in [-0.39, 0.29) is 12.5 Å². The van der Waals surface area contributed by atoms with Gasteiger partial charge >= 0.3 is 12.1 Å². The maximum atomic E-state index is 12.2. The number of aliphatic carboxylic acids is 1. The van der Waals surface area contributed by atoms with E-state index in [1.807, 2.05) is 48.5 Å². The van der Waals surface area contributed by atoms with E-state index in [2.05, 4.69) is 10.4 Å². The van der Waals surface area contributed by atoms with Crippen molar-refractivity contribution in [3.05, 3.63) is 78.1 Å². The average molecular weight is 363 g/mol. The van der Waals surface area contributed by atoms with Gasteiger partial charge in [0.05, 0.1) is 0 Å².